The number of hydrogen-bond donors (Lipinski definition) is 0. The molecule has 0 radical (unpaired) electrons. The summed E-state index contributed by atoms with van der Waals surface area (Å²) in [5.41, 5.74) is -0.362. The zero-order valence-electron chi connectivity index (χ0n) is 8.41. The molecule has 78 valence electrons. The van der Waals surface area contributed by atoms with Crippen LogP contribution in [0, 0.1) is 0 Å². The van der Waals surface area contributed by atoms with Gasteiger partial charge >= 0.3 is 0 Å². The Bertz CT molecular complexity index is 271. The molecule has 1 saturated heterocycles. The molecule has 0 bridgehead atoms. The smallest absolute Gasteiger partial charge is 0.211 e. The van der Waals surface area contributed by atoms with Gasteiger partial charge in [0.25, 0.3) is 0 Å². The minimum atomic E-state index is -3.07. The summed E-state index contributed by atoms with van der Waals surface area (Å²) in [6, 6.07) is 0. The fraction of sp³-hybridized carbons (Fsp3) is 1.00. The van der Waals surface area contributed by atoms with Gasteiger partial charge in [-0.1, -0.05) is 0 Å². The van der Waals surface area contributed by atoms with E-state index in [-0.39, 0.29) is 5.60 Å². The molecule has 1 fully saturated rings. The summed E-state index contributed by atoms with van der Waals surface area (Å²) < 4.78 is 29.6. The molecule has 0 unspecified atom stereocenters. The lowest BCUT2D eigenvalue weighted by Gasteiger charge is -2.27. The predicted molar refractivity (Wildman–Crippen MR) is 51.1 cm³/mol. The highest BCUT2D eigenvalue weighted by atomic mass is 32.2. The van der Waals surface area contributed by atoms with Gasteiger partial charge in [-0.05, 0) is 20.3 Å². The first kappa shape index (κ1) is 10.9. The van der Waals surface area contributed by atoms with Crippen molar-refractivity contribution in [3.63, 3.8) is 0 Å². The van der Waals surface area contributed by atoms with E-state index in [4.69, 9.17) is 4.74 Å². The second-order valence-electron chi connectivity index (χ2n) is 4.06. The fourth-order valence-electron chi connectivity index (χ4n) is 1.42. The van der Waals surface area contributed by atoms with Gasteiger partial charge in [0.2, 0.25) is 10.0 Å². The van der Waals surface area contributed by atoms with Crippen LogP contribution >= 0.6 is 0 Å². The number of ether oxygens (including phenoxy) is 1. The molecule has 0 saturated carbocycles. The molecule has 5 heteroatoms. The molecule has 1 heterocycles. The Hall–Kier alpha value is -0.130. The van der Waals surface area contributed by atoms with Crippen LogP contribution in [0.25, 0.3) is 0 Å². The monoisotopic (exact) mass is 207 g/mol. The quantitative estimate of drug-likeness (QED) is 0.627. The van der Waals surface area contributed by atoms with E-state index >= 15 is 0 Å². The average Bonchev–Trinajstić information content (AvgIpc) is 2.08. The van der Waals surface area contributed by atoms with Gasteiger partial charge in [-0.2, -0.15) is 4.31 Å². The molecule has 0 atom stereocenters. The van der Waals surface area contributed by atoms with Gasteiger partial charge in [0.1, 0.15) is 0 Å². The van der Waals surface area contributed by atoms with Crippen LogP contribution in [0.2, 0.25) is 0 Å². The zero-order chi connectivity index (χ0) is 10.1. The first-order chi connectivity index (χ1) is 5.81. The Morgan fingerprint density at radius 1 is 1.38 bits per heavy atom. The van der Waals surface area contributed by atoms with E-state index in [1.54, 1.807) is 0 Å². The molecule has 0 spiro atoms. The van der Waals surface area contributed by atoms with Crippen molar-refractivity contribution >= 4 is 10.0 Å². The number of sulfonamides is 1. The van der Waals surface area contributed by atoms with Crippen molar-refractivity contribution in [2.75, 3.05) is 26.0 Å². The first-order valence-electron chi connectivity index (χ1n) is 4.40. The van der Waals surface area contributed by atoms with E-state index in [0.29, 0.717) is 19.7 Å². The normalized spacial score (nSPS) is 25.5. The molecule has 13 heavy (non-hydrogen) atoms. The Morgan fingerprint density at radius 3 is 2.54 bits per heavy atom. The van der Waals surface area contributed by atoms with Crippen molar-refractivity contribution in [2.45, 2.75) is 25.9 Å². The van der Waals surface area contributed by atoms with Gasteiger partial charge in [-0.3, -0.25) is 0 Å². The van der Waals surface area contributed by atoms with Gasteiger partial charge in [0.15, 0.2) is 0 Å². The topological polar surface area (TPSA) is 46.6 Å². The maximum atomic E-state index is 11.3. The van der Waals surface area contributed by atoms with Gasteiger partial charge < -0.3 is 4.74 Å². The number of hydrogen-bond acceptors (Lipinski definition) is 3. The van der Waals surface area contributed by atoms with Crippen LogP contribution < -0.4 is 0 Å². The third-order valence-corrected chi connectivity index (χ3v) is 3.32. The molecule has 4 nitrogen and oxygen atoms in total. The van der Waals surface area contributed by atoms with Crippen molar-refractivity contribution in [1.82, 2.24) is 4.31 Å². The van der Waals surface area contributed by atoms with E-state index in [1.807, 2.05) is 13.8 Å². The Morgan fingerprint density at radius 2 is 2.00 bits per heavy atom. The highest BCUT2D eigenvalue weighted by Gasteiger charge is 2.29. The molecule has 1 rings (SSSR count). The lowest BCUT2D eigenvalue weighted by Crippen LogP contribution is -2.41. The third-order valence-electron chi connectivity index (χ3n) is 2.07. The van der Waals surface area contributed by atoms with Gasteiger partial charge in [-0.25, -0.2) is 8.42 Å². The summed E-state index contributed by atoms with van der Waals surface area (Å²) in [5.74, 6) is 0. The Kier molecular flexibility index (Phi) is 2.99. The summed E-state index contributed by atoms with van der Waals surface area (Å²) in [5, 5.41) is 0. The molecule has 0 aromatic rings. The fourth-order valence-corrected chi connectivity index (χ4v) is 2.43. The third kappa shape index (κ3) is 3.25. The van der Waals surface area contributed by atoms with E-state index in [1.165, 1.54) is 10.6 Å². The van der Waals surface area contributed by atoms with Crippen LogP contribution in [0.1, 0.15) is 20.3 Å². The summed E-state index contributed by atoms with van der Waals surface area (Å²) in [7, 11) is -3.07. The maximum absolute atomic E-state index is 11.3. The summed E-state index contributed by atoms with van der Waals surface area (Å²) in [4.78, 5) is 0. The Labute approximate surface area is 79.9 Å². The highest BCUT2D eigenvalue weighted by molar-refractivity contribution is 7.88. The van der Waals surface area contributed by atoms with E-state index in [2.05, 4.69) is 0 Å². The standard InChI is InChI=1S/C8H17NO3S/c1-8(2)7-9(13(3,10)11)5-4-6-12-8/h4-7H2,1-3H3. The molecule has 0 N–H and O–H groups in total. The predicted octanol–water partition coefficient (Wildman–Crippen LogP) is 0.447. The summed E-state index contributed by atoms with van der Waals surface area (Å²) >= 11 is 0. The van der Waals surface area contributed by atoms with Crippen LogP contribution in [-0.2, 0) is 14.8 Å². The highest BCUT2D eigenvalue weighted by Crippen LogP contribution is 2.17. The molecular weight excluding hydrogens is 190 g/mol. The Balaban J connectivity index is 2.77. The van der Waals surface area contributed by atoms with Crippen LogP contribution in [-0.4, -0.2) is 44.3 Å². The molecule has 0 aromatic heterocycles. The molecule has 1 aliphatic heterocycles. The number of rotatable bonds is 1. The SMILES string of the molecule is CC1(C)CN(S(C)(=O)=O)CCCO1. The lowest BCUT2D eigenvalue weighted by molar-refractivity contribution is -0.00999. The minimum Gasteiger partial charge on any atom is -0.374 e. The lowest BCUT2D eigenvalue weighted by atomic mass is 10.1. The zero-order valence-corrected chi connectivity index (χ0v) is 9.23. The molecule has 0 aliphatic carbocycles. The van der Waals surface area contributed by atoms with Gasteiger partial charge in [-0.15, -0.1) is 0 Å². The van der Waals surface area contributed by atoms with Crippen molar-refractivity contribution in [2.24, 2.45) is 0 Å². The van der Waals surface area contributed by atoms with Crippen LogP contribution in [0.5, 0.6) is 0 Å². The maximum Gasteiger partial charge on any atom is 0.211 e. The molecule has 1 aliphatic rings. The van der Waals surface area contributed by atoms with Crippen molar-refractivity contribution in [3.05, 3.63) is 0 Å². The van der Waals surface area contributed by atoms with Crippen molar-refractivity contribution in [1.29, 1.82) is 0 Å². The van der Waals surface area contributed by atoms with Gasteiger partial charge in [0, 0.05) is 19.7 Å². The van der Waals surface area contributed by atoms with Crippen LogP contribution in [0.4, 0.5) is 0 Å². The van der Waals surface area contributed by atoms with Gasteiger partial charge in [0.05, 0.1) is 11.9 Å². The van der Waals surface area contributed by atoms with Crippen molar-refractivity contribution < 1.29 is 13.2 Å². The van der Waals surface area contributed by atoms with E-state index in [0.717, 1.165) is 6.42 Å². The van der Waals surface area contributed by atoms with Crippen molar-refractivity contribution in [3.8, 4) is 0 Å². The second kappa shape index (κ2) is 3.55. The minimum absolute atomic E-state index is 0.362. The molecule has 0 aromatic carbocycles. The largest absolute Gasteiger partial charge is 0.374 e. The molecule has 0 amide bonds. The number of nitrogens with zero attached hydrogens (tertiary/aromatic N) is 1. The summed E-state index contributed by atoms with van der Waals surface area (Å²) in [6.07, 6.45) is 2.02. The first-order valence-corrected chi connectivity index (χ1v) is 6.25. The van der Waals surface area contributed by atoms with E-state index < -0.39 is 10.0 Å². The van der Waals surface area contributed by atoms with E-state index in [9.17, 15) is 8.42 Å². The average molecular weight is 207 g/mol. The second-order valence-corrected chi connectivity index (χ2v) is 6.04. The molecular formula is C8H17NO3S. The van der Waals surface area contributed by atoms with Crippen LogP contribution in [0.15, 0.2) is 0 Å². The van der Waals surface area contributed by atoms with Crippen LogP contribution in [0.3, 0.4) is 0 Å². The summed E-state index contributed by atoms with van der Waals surface area (Å²) in [6.45, 7) is 5.49.